The van der Waals surface area contributed by atoms with Gasteiger partial charge in [0, 0.05) is 25.1 Å². The molecule has 0 radical (unpaired) electrons. The van der Waals surface area contributed by atoms with Crippen LogP contribution in [0.1, 0.15) is 61.2 Å². The number of phenols is 1. The van der Waals surface area contributed by atoms with Gasteiger partial charge in [0.05, 0.1) is 11.3 Å². The van der Waals surface area contributed by atoms with E-state index in [4.69, 9.17) is 5.48 Å². The fourth-order valence-electron chi connectivity index (χ4n) is 3.56. The Balaban J connectivity index is 1.99. The van der Waals surface area contributed by atoms with Crippen LogP contribution in [0, 0.1) is 0 Å². The normalized spacial score (nSPS) is 18.7. The molecule has 1 amide bonds. The number of amides is 1. The van der Waals surface area contributed by atoms with Crippen LogP contribution in [0.4, 0.5) is 17.1 Å². The lowest BCUT2D eigenvalue weighted by Gasteiger charge is -2.32. The Bertz CT molecular complexity index is 1110. The smallest absolute Gasteiger partial charge is 0.257 e. The molecule has 2 aromatic carbocycles. The summed E-state index contributed by atoms with van der Waals surface area (Å²) in [6.45, 7) is 1.15. The summed E-state index contributed by atoms with van der Waals surface area (Å²) in [5.74, 6) is -0.834. The number of carbonyl (C=O) groups is 1. The lowest BCUT2D eigenvalue weighted by atomic mass is 9.90. The van der Waals surface area contributed by atoms with Crippen molar-refractivity contribution in [2.24, 2.45) is 0 Å². The van der Waals surface area contributed by atoms with Gasteiger partial charge >= 0.3 is 0 Å². The number of benzene rings is 1. The highest BCUT2D eigenvalue weighted by molar-refractivity contribution is 5.99. The van der Waals surface area contributed by atoms with Crippen molar-refractivity contribution in [1.29, 1.82) is 0 Å². The van der Waals surface area contributed by atoms with Gasteiger partial charge in [0.1, 0.15) is 11.4 Å². The van der Waals surface area contributed by atoms with Crippen LogP contribution in [0.15, 0.2) is 27.8 Å². The Hall–Kier alpha value is -2.83. The molecular weight excluding hydrogens is 358 g/mol. The van der Waals surface area contributed by atoms with Crippen molar-refractivity contribution in [2.75, 3.05) is 24.7 Å². The number of nitrogens with one attached hydrogen (secondary N) is 2. The molecule has 0 spiro atoms. The Labute approximate surface area is 169 Å². The number of carbonyl (C=O) groups excluding carboxylic acids is 1. The molecule has 3 N–H and O–H groups in total. The predicted molar refractivity (Wildman–Crippen MR) is 110 cm³/mol. The minimum absolute atomic E-state index is 0.0102. The number of anilines is 3. The molecule has 7 heteroatoms. The summed E-state index contributed by atoms with van der Waals surface area (Å²) in [4.78, 5) is 38.2. The van der Waals surface area contributed by atoms with Gasteiger partial charge in [0.2, 0.25) is 0 Å². The zero-order chi connectivity index (χ0) is 24.1. The molecule has 0 atom stereocenters. The average molecular weight is 389 g/mol. The second kappa shape index (κ2) is 7.66. The van der Waals surface area contributed by atoms with E-state index in [1.54, 1.807) is 0 Å². The Morgan fingerprint density at radius 1 is 1.21 bits per heavy atom. The highest BCUT2D eigenvalue weighted by atomic mass is 16.3. The summed E-state index contributed by atoms with van der Waals surface area (Å²) in [7, 11) is 3.06. The van der Waals surface area contributed by atoms with Gasteiger partial charge in [0.25, 0.3) is 16.8 Å². The fraction of sp³-hybridized carbons (Fsp3) is 0.476. The van der Waals surface area contributed by atoms with Gasteiger partial charge in [0.15, 0.2) is 5.75 Å². The second-order valence-corrected chi connectivity index (χ2v) is 7.22. The minimum atomic E-state index is -2.33. The largest absolute Gasteiger partial charge is 0.505 e. The van der Waals surface area contributed by atoms with Crippen LogP contribution in [-0.4, -0.2) is 35.5 Å². The van der Waals surface area contributed by atoms with Gasteiger partial charge in [-0.3, -0.25) is 14.4 Å². The third-order valence-corrected chi connectivity index (χ3v) is 5.03. The molecule has 1 aliphatic carbocycles. The molecule has 150 valence electrons. The maximum absolute atomic E-state index is 12.4. The molecule has 7 nitrogen and oxygen atoms in total. The molecule has 0 bridgehead atoms. The molecule has 0 unspecified atom stereocenters. The van der Waals surface area contributed by atoms with Crippen molar-refractivity contribution in [2.45, 2.75) is 50.9 Å². The van der Waals surface area contributed by atoms with Gasteiger partial charge in [-0.2, -0.15) is 0 Å². The number of hydrogen-bond acceptors (Lipinski definition) is 6. The topological polar surface area (TPSA) is 98.7 Å². The van der Waals surface area contributed by atoms with Gasteiger partial charge in [-0.1, -0.05) is 32.2 Å². The molecule has 2 aromatic rings. The summed E-state index contributed by atoms with van der Waals surface area (Å²) in [6, 6.07) is 4.38. The number of phenolic OH excluding ortho intramolecular Hbond substituents is 1. The first-order valence-corrected chi connectivity index (χ1v) is 9.16. The van der Waals surface area contributed by atoms with Crippen LogP contribution in [0.3, 0.4) is 0 Å². The molecule has 0 aliphatic heterocycles. The molecular formula is C21H27N3O4. The van der Waals surface area contributed by atoms with Crippen LogP contribution in [0.2, 0.25) is 0 Å². The van der Waals surface area contributed by atoms with E-state index in [1.807, 2.05) is 0 Å². The summed E-state index contributed by atoms with van der Waals surface area (Å²) in [5.41, 5.74) is -3.30. The van der Waals surface area contributed by atoms with E-state index < -0.39 is 35.0 Å². The summed E-state index contributed by atoms with van der Waals surface area (Å²) >= 11 is 0. The zero-order valence-electron chi connectivity index (χ0n) is 20.2. The van der Waals surface area contributed by atoms with Crippen LogP contribution < -0.4 is 21.5 Å². The predicted octanol–water partition coefficient (Wildman–Crippen LogP) is 2.96. The van der Waals surface area contributed by atoms with E-state index in [2.05, 4.69) is 10.6 Å². The number of para-hydroxylation sites is 1. The first kappa shape index (κ1) is 15.1. The second-order valence-electron chi connectivity index (χ2n) is 7.22. The Morgan fingerprint density at radius 3 is 2.46 bits per heavy atom. The first-order chi connectivity index (χ1) is 14.7. The van der Waals surface area contributed by atoms with E-state index in [9.17, 15) is 19.5 Å². The first-order valence-electron chi connectivity index (χ1n) is 11.2. The number of hydrogen-bond donors (Lipinski definition) is 3. The van der Waals surface area contributed by atoms with E-state index in [0.29, 0.717) is 25.7 Å². The highest BCUT2D eigenvalue weighted by Gasteiger charge is 2.36. The van der Waals surface area contributed by atoms with Crippen LogP contribution in [0.5, 0.6) is 5.75 Å². The van der Waals surface area contributed by atoms with Crippen molar-refractivity contribution >= 4 is 23.0 Å². The maximum Gasteiger partial charge on any atom is 0.257 e. The van der Waals surface area contributed by atoms with Crippen LogP contribution >= 0.6 is 0 Å². The summed E-state index contributed by atoms with van der Waals surface area (Å²) in [6.07, 6.45) is -2.64. The summed E-state index contributed by atoms with van der Waals surface area (Å²) < 4.78 is 32.9. The van der Waals surface area contributed by atoms with Crippen molar-refractivity contribution in [3.63, 3.8) is 0 Å². The third-order valence-electron chi connectivity index (χ3n) is 5.03. The molecule has 1 fully saturated rings. The lowest BCUT2D eigenvalue weighted by Crippen LogP contribution is -2.44. The van der Waals surface area contributed by atoms with Crippen molar-refractivity contribution in [1.82, 2.24) is 4.90 Å². The fourth-order valence-corrected chi connectivity index (χ4v) is 3.56. The van der Waals surface area contributed by atoms with Crippen LogP contribution in [0.25, 0.3) is 0 Å². The Kier molecular flexibility index (Phi) is 4.14. The van der Waals surface area contributed by atoms with E-state index in [0.717, 1.165) is 6.92 Å². The molecule has 0 heterocycles. The SMILES string of the molecule is [2H]C([2H])(C)C([2H])([2H])C1(Nc2c(Nc3cccc(C(=O)N(C)C)c3O)c(=O)c2=O)CCCC1. The molecule has 1 aliphatic rings. The van der Waals surface area contributed by atoms with Gasteiger partial charge in [-0.05, 0) is 31.3 Å². The van der Waals surface area contributed by atoms with E-state index in [1.165, 1.54) is 37.2 Å². The van der Waals surface area contributed by atoms with Crippen molar-refractivity contribution in [3.05, 3.63) is 44.2 Å². The molecule has 28 heavy (non-hydrogen) atoms. The molecule has 3 rings (SSSR count). The third kappa shape index (κ3) is 3.48. The van der Waals surface area contributed by atoms with E-state index >= 15 is 0 Å². The van der Waals surface area contributed by atoms with Crippen molar-refractivity contribution in [3.8, 4) is 5.75 Å². The monoisotopic (exact) mass is 389 g/mol. The number of rotatable bonds is 7. The highest BCUT2D eigenvalue weighted by Crippen LogP contribution is 2.38. The standard InChI is InChI=1S/C21H27N3O4/c1-4-10-21(11-5-6-12-21)23-16-15(18(26)19(16)27)22-14-9-7-8-13(17(14)25)20(28)24(2)3/h7-9,22-23,25H,4-6,10-12H2,1-3H3/i4D2,10D2. The number of nitrogens with zero attached hydrogens (tertiary/aromatic N) is 1. The average Bonchev–Trinajstić information content (AvgIpc) is 3.20. The van der Waals surface area contributed by atoms with Gasteiger partial charge < -0.3 is 20.6 Å². The summed E-state index contributed by atoms with van der Waals surface area (Å²) in [5, 5.41) is 16.1. The van der Waals surface area contributed by atoms with Gasteiger partial charge in [-0.15, -0.1) is 0 Å². The lowest BCUT2D eigenvalue weighted by molar-refractivity contribution is 0.0824. The zero-order valence-corrected chi connectivity index (χ0v) is 16.2. The molecule has 1 saturated carbocycles. The minimum Gasteiger partial charge on any atom is -0.505 e. The van der Waals surface area contributed by atoms with Crippen LogP contribution in [-0.2, 0) is 0 Å². The molecule has 0 saturated heterocycles. The van der Waals surface area contributed by atoms with Gasteiger partial charge in [-0.25, -0.2) is 0 Å². The quantitative estimate of drug-likeness (QED) is 0.497. The van der Waals surface area contributed by atoms with E-state index in [-0.39, 0.29) is 28.4 Å². The Morgan fingerprint density at radius 2 is 1.86 bits per heavy atom. The maximum atomic E-state index is 12.4. The number of aromatic hydroxyl groups is 1. The van der Waals surface area contributed by atoms with Crippen molar-refractivity contribution < 1.29 is 15.4 Å². The molecule has 0 aromatic heterocycles.